The van der Waals surface area contributed by atoms with E-state index in [4.69, 9.17) is 14.5 Å². The third kappa shape index (κ3) is 9.77. The smallest absolute Gasteiger partial charge is 0.191 e. The molecule has 0 aliphatic heterocycles. The van der Waals surface area contributed by atoms with Crippen molar-refractivity contribution in [1.82, 2.24) is 15.6 Å². The average Bonchev–Trinajstić information content (AvgIpc) is 3.09. The fourth-order valence-corrected chi connectivity index (χ4v) is 3.27. The summed E-state index contributed by atoms with van der Waals surface area (Å²) < 4.78 is 11.3. The third-order valence-electron chi connectivity index (χ3n) is 4.00. The van der Waals surface area contributed by atoms with Gasteiger partial charge in [0, 0.05) is 37.1 Å². The van der Waals surface area contributed by atoms with Gasteiger partial charge in [-0.15, -0.1) is 35.3 Å². The summed E-state index contributed by atoms with van der Waals surface area (Å²) in [5.41, 5.74) is 3.35. The number of rotatable bonds is 11. The highest BCUT2D eigenvalue weighted by Gasteiger charge is 2.06. The number of guanidine groups is 1. The number of aliphatic imine (C=N–C) groups is 1. The van der Waals surface area contributed by atoms with Gasteiger partial charge >= 0.3 is 0 Å². The Morgan fingerprint density at radius 1 is 1.17 bits per heavy atom. The van der Waals surface area contributed by atoms with Gasteiger partial charge in [0.2, 0.25) is 0 Å². The molecule has 2 aromatic rings. The van der Waals surface area contributed by atoms with Crippen LogP contribution in [0.25, 0.3) is 0 Å². The molecule has 1 heterocycles. The van der Waals surface area contributed by atoms with E-state index >= 15 is 0 Å². The fourth-order valence-electron chi connectivity index (χ4n) is 2.62. The second-order valence-corrected chi connectivity index (χ2v) is 7.45. The van der Waals surface area contributed by atoms with E-state index in [9.17, 15) is 0 Å². The average molecular weight is 532 g/mol. The Hall–Kier alpha value is -1.39. The molecule has 0 atom stereocenters. The van der Waals surface area contributed by atoms with Crippen LogP contribution in [0, 0.1) is 13.8 Å². The van der Waals surface area contributed by atoms with Gasteiger partial charge in [0.25, 0.3) is 0 Å². The zero-order valence-electron chi connectivity index (χ0n) is 17.8. The second-order valence-electron chi connectivity index (χ2n) is 6.39. The largest absolute Gasteiger partial charge is 0.491 e. The van der Waals surface area contributed by atoms with E-state index in [2.05, 4.69) is 53.0 Å². The van der Waals surface area contributed by atoms with Gasteiger partial charge in [0.15, 0.2) is 5.96 Å². The van der Waals surface area contributed by atoms with Gasteiger partial charge < -0.3 is 20.1 Å². The van der Waals surface area contributed by atoms with E-state index in [0.29, 0.717) is 26.4 Å². The Morgan fingerprint density at radius 2 is 2.00 bits per heavy atom. The van der Waals surface area contributed by atoms with Crippen LogP contribution < -0.4 is 15.4 Å². The summed E-state index contributed by atoms with van der Waals surface area (Å²) in [7, 11) is 0. The van der Waals surface area contributed by atoms with E-state index in [1.54, 1.807) is 11.3 Å². The van der Waals surface area contributed by atoms with Crippen LogP contribution in [0.5, 0.6) is 5.75 Å². The molecule has 2 rings (SSSR count). The van der Waals surface area contributed by atoms with Crippen molar-refractivity contribution in [2.24, 2.45) is 4.99 Å². The minimum Gasteiger partial charge on any atom is -0.491 e. The van der Waals surface area contributed by atoms with Gasteiger partial charge in [0.05, 0.1) is 23.9 Å². The Kier molecular flexibility index (Phi) is 12.9. The van der Waals surface area contributed by atoms with Crippen LogP contribution in [0.4, 0.5) is 0 Å². The monoisotopic (exact) mass is 532 g/mol. The lowest BCUT2D eigenvalue weighted by Gasteiger charge is -2.13. The zero-order chi connectivity index (χ0) is 20.2. The Balaban J connectivity index is 0.00000420. The third-order valence-corrected chi connectivity index (χ3v) is 4.83. The molecule has 6 nitrogen and oxygen atoms in total. The van der Waals surface area contributed by atoms with Crippen LogP contribution in [0.15, 0.2) is 28.6 Å². The number of nitrogens with zero attached hydrogens (tertiary/aromatic N) is 2. The molecule has 8 heteroatoms. The molecule has 0 saturated carbocycles. The quantitative estimate of drug-likeness (QED) is 0.198. The molecule has 0 aliphatic rings. The maximum Gasteiger partial charge on any atom is 0.191 e. The fraction of sp³-hybridized carbons (Fsp3) is 0.524. The predicted molar refractivity (Wildman–Crippen MR) is 132 cm³/mol. The lowest BCUT2D eigenvalue weighted by atomic mass is 10.1. The van der Waals surface area contributed by atoms with E-state index < -0.39 is 0 Å². The molecule has 0 spiro atoms. The van der Waals surface area contributed by atoms with E-state index in [-0.39, 0.29) is 24.0 Å². The Morgan fingerprint density at radius 3 is 2.69 bits per heavy atom. The molecule has 0 aliphatic carbocycles. The molecule has 1 aromatic heterocycles. The number of hydrogen-bond acceptors (Lipinski definition) is 5. The summed E-state index contributed by atoms with van der Waals surface area (Å²) in [5, 5.41) is 9.89. The number of thiazole rings is 1. The number of halogens is 1. The minimum atomic E-state index is 0. The number of benzene rings is 1. The summed E-state index contributed by atoms with van der Waals surface area (Å²) in [6.07, 6.45) is 0.880. The summed E-state index contributed by atoms with van der Waals surface area (Å²) in [4.78, 5) is 9.22. The van der Waals surface area contributed by atoms with Crippen molar-refractivity contribution in [2.45, 2.75) is 40.7 Å². The second kappa shape index (κ2) is 14.6. The van der Waals surface area contributed by atoms with Crippen molar-refractivity contribution in [3.63, 3.8) is 0 Å². The number of ether oxygens (including phenoxy) is 2. The molecule has 2 N–H and O–H groups in total. The summed E-state index contributed by atoms with van der Waals surface area (Å²) in [5.74, 6) is 1.67. The van der Waals surface area contributed by atoms with Gasteiger partial charge in [-0.05, 0) is 39.3 Å². The van der Waals surface area contributed by atoms with Gasteiger partial charge in [0.1, 0.15) is 12.4 Å². The summed E-state index contributed by atoms with van der Waals surface area (Å²) in [6, 6.07) is 6.23. The lowest BCUT2D eigenvalue weighted by molar-refractivity contribution is 0.110. The van der Waals surface area contributed by atoms with Crippen molar-refractivity contribution < 1.29 is 9.47 Å². The first-order valence-corrected chi connectivity index (χ1v) is 10.7. The van der Waals surface area contributed by atoms with Crippen LogP contribution >= 0.6 is 35.3 Å². The Bertz CT molecular complexity index is 752. The first-order valence-electron chi connectivity index (χ1n) is 9.85. The minimum absolute atomic E-state index is 0. The van der Waals surface area contributed by atoms with E-state index in [0.717, 1.165) is 47.5 Å². The zero-order valence-corrected chi connectivity index (χ0v) is 20.9. The van der Waals surface area contributed by atoms with Gasteiger partial charge in [-0.1, -0.05) is 12.1 Å². The molecule has 1 aromatic carbocycles. The van der Waals surface area contributed by atoms with Crippen LogP contribution in [0.1, 0.15) is 35.7 Å². The number of aryl methyl sites for hydroxylation is 2. The van der Waals surface area contributed by atoms with Crippen molar-refractivity contribution in [3.8, 4) is 5.75 Å². The van der Waals surface area contributed by atoms with Crippen molar-refractivity contribution >= 4 is 41.3 Å². The van der Waals surface area contributed by atoms with E-state index in [1.165, 1.54) is 5.56 Å². The van der Waals surface area contributed by atoms with E-state index in [1.807, 2.05) is 13.8 Å². The van der Waals surface area contributed by atoms with Crippen LogP contribution in [-0.4, -0.2) is 43.9 Å². The predicted octanol–water partition coefficient (Wildman–Crippen LogP) is 4.09. The molecule has 0 bridgehead atoms. The first-order chi connectivity index (χ1) is 13.6. The molecule has 0 unspecified atom stereocenters. The van der Waals surface area contributed by atoms with Gasteiger partial charge in [-0.3, -0.25) is 0 Å². The molecule has 0 radical (unpaired) electrons. The normalized spacial score (nSPS) is 11.1. The molecular weight excluding hydrogens is 499 g/mol. The molecule has 29 heavy (non-hydrogen) atoms. The number of hydrogen-bond donors (Lipinski definition) is 2. The van der Waals surface area contributed by atoms with Gasteiger partial charge in [-0.25, -0.2) is 9.98 Å². The highest BCUT2D eigenvalue weighted by Crippen LogP contribution is 2.21. The number of aromatic nitrogens is 1. The SMILES string of the molecule is CCNC(=NCc1ccc(C)cc1OCCOCC)NCCc1csc(C)n1.I. The lowest BCUT2D eigenvalue weighted by Crippen LogP contribution is -2.38. The Labute approximate surface area is 195 Å². The molecular formula is C21H33IN4O2S. The molecule has 0 fully saturated rings. The summed E-state index contributed by atoms with van der Waals surface area (Å²) in [6.45, 7) is 12.1. The number of nitrogens with one attached hydrogen (secondary N) is 2. The van der Waals surface area contributed by atoms with Crippen molar-refractivity contribution in [1.29, 1.82) is 0 Å². The maximum absolute atomic E-state index is 5.91. The standard InChI is InChI=1S/C21H32N4O2S.HI/c1-5-22-21(23-10-9-19-15-28-17(4)25-19)24-14-18-8-7-16(3)13-20(18)27-12-11-26-6-2;/h7-8,13,15H,5-6,9-12,14H2,1-4H3,(H2,22,23,24);1H. The highest BCUT2D eigenvalue weighted by atomic mass is 127. The van der Waals surface area contributed by atoms with Crippen LogP contribution in [0.2, 0.25) is 0 Å². The van der Waals surface area contributed by atoms with Crippen LogP contribution in [-0.2, 0) is 17.7 Å². The van der Waals surface area contributed by atoms with Crippen molar-refractivity contribution in [3.05, 3.63) is 45.4 Å². The highest BCUT2D eigenvalue weighted by molar-refractivity contribution is 14.0. The van der Waals surface area contributed by atoms with Gasteiger partial charge in [-0.2, -0.15) is 0 Å². The van der Waals surface area contributed by atoms with Crippen LogP contribution in [0.3, 0.4) is 0 Å². The molecule has 0 amide bonds. The molecule has 162 valence electrons. The first kappa shape index (κ1) is 25.6. The molecule has 0 saturated heterocycles. The summed E-state index contributed by atoms with van der Waals surface area (Å²) >= 11 is 1.69. The maximum atomic E-state index is 5.91. The van der Waals surface area contributed by atoms with Crippen molar-refractivity contribution in [2.75, 3.05) is 32.9 Å². The topological polar surface area (TPSA) is 67.8 Å².